The monoisotopic (exact) mass is 473 g/mol. The summed E-state index contributed by atoms with van der Waals surface area (Å²) >= 11 is 0. The lowest BCUT2D eigenvalue weighted by Crippen LogP contribution is -2.46. The van der Waals surface area contributed by atoms with Crippen molar-refractivity contribution in [2.75, 3.05) is 31.3 Å². The highest BCUT2D eigenvalue weighted by Crippen LogP contribution is 2.34. The van der Waals surface area contributed by atoms with Gasteiger partial charge in [-0.05, 0) is 55.8 Å². The SMILES string of the molecule is CCOC(Cc1ccc(OCCN2CN(c3ccccc3)c3ccc(C)cc3C2=O)cc1)C(N)=O. The number of aryl methyl sites for hydroxylation is 1. The molecule has 1 aliphatic rings. The van der Waals surface area contributed by atoms with E-state index in [2.05, 4.69) is 4.90 Å². The Labute approximate surface area is 206 Å². The van der Waals surface area contributed by atoms with Crippen molar-refractivity contribution in [3.8, 4) is 5.75 Å². The Balaban J connectivity index is 1.40. The van der Waals surface area contributed by atoms with Gasteiger partial charge in [0.1, 0.15) is 18.5 Å². The van der Waals surface area contributed by atoms with Crippen molar-refractivity contribution >= 4 is 23.2 Å². The second-order valence-electron chi connectivity index (χ2n) is 8.54. The first-order chi connectivity index (χ1) is 17.0. The Morgan fingerprint density at radius 2 is 1.80 bits per heavy atom. The van der Waals surface area contributed by atoms with Crippen molar-refractivity contribution in [2.45, 2.75) is 26.4 Å². The van der Waals surface area contributed by atoms with E-state index >= 15 is 0 Å². The van der Waals surface area contributed by atoms with Gasteiger partial charge < -0.3 is 25.0 Å². The lowest BCUT2D eigenvalue weighted by molar-refractivity contribution is -0.129. The summed E-state index contributed by atoms with van der Waals surface area (Å²) in [6, 6.07) is 23.6. The third kappa shape index (κ3) is 5.81. The maximum absolute atomic E-state index is 13.2. The van der Waals surface area contributed by atoms with E-state index in [-0.39, 0.29) is 5.91 Å². The number of para-hydroxylation sites is 1. The number of ether oxygens (including phenoxy) is 2. The summed E-state index contributed by atoms with van der Waals surface area (Å²) in [4.78, 5) is 28.7. The molecule has 0 bridgehead atoms. The Kier molecular flexibility index (Phi) is 7.67. The smallest absolute Gasteiger partial charge is 0.257 e. The van der Waals surface area contributed by atoms with Gasteiger partial charge in [0, 0.05) is 18.7 Å². The zero-order valence-corrected chi connectivity index (χ0v) is 20.1. The number of carbonyl (C=O) groups is 2. The lowest BCUT2D eigenvalue weighted by Gasteiger charge is -2.38. The van der Waals surface area contributed by atoms with E-state index in [4.69, 9.17) is 15.2 Å². The number of hydrogen-bond donors (Lipinski definition) is 1. The molecule has 1 heterocycles. The van der Waals surface area contributed by atoms with Gasteiger partial charge in [0.05, 0.1) is 24.5 Å². The third-order valence-corrected chi connectivity index (χ3v) is 6.00. The lowest BCUT2D eigenvalue weighted by atomic mass is 10.0. The molecule has 0 radical (unpaired) electrons. The Hall–Kier alpha value is -3.84. The molecule has 1 unspecified atom stereocenters. The van der Waals surface area contributed by atoms with E-state index < -0.39 is 12.0 Å². The minimum atomic E-state index is -0.643. The molecule has 3 aromatic rings. The number of benzene rings is 3. The maximum atomic E-state index is 13.2. The Morgan fingerprint density at radius 1 is 1.06 bits per heavy atom. The highest BCUT2D eigenvalue weighted by atomic mass is 16.5. The Morgan fingerprint density at radius 3 is 2.49 bits per heavy atom. The fourth-order valence-electron chi connectivity index (χ4n) is 4.19. The largest absolute Gasteiger partial charge is 0.492 e. The fourth-order valence-corrected chi connectivity index (χ4v) is 4.19. The molecule has 4 rings (SSSR count). The third-order valence-electron chi connectivity index (χ3n) is 6.00. The van der Waals surface area contributed by atoms with Gasteiger partial charge in [0.15, 0.2) is 0 Å². The van der Waals surface area contributed by atoms with Gasteiger partial charge in [0.25, 0.3) is 5.91 Å². The quantitative estimate of drug-likeness (QED) is 0.480. The molecule has 0 fully saturated rings. The molecule has 0 aromatic heterocycles. The molecule has 7 heteroatoms. The summed E-state index contributed by atoms with van der Waals surface area (Å²) in [5.74, 6) is 0.226. The van der Waals surface area contributed by atoms with Crippen molar-refractivity contribution in [1.82, 2.24) is 4.90 Å². The van der Waals surface area contributed by atoms with E-state index in [1.54, 1.807) is 0 Å². The number of amides is 2. The van der Waals surface area contributed by atoms with E-state index in [1.807, 2.05) is 91.5 Å². The van der Waals surface area contributed by atoms with Crippen LogP contribution in [0.1, 0.15) is 28.4 Å². The first-order valence-corrected chi connectivity index (χ1v) is 11.8. The Bertz CT molecular complexity index is 1160. The minimum Gasteiger partial charge on any atom is -0.492 e. The van der Waals surface area contributed by atoms with Crippen molar-refractivity contribution in [1.29, 1.82) is 0 Å². The summed E-state index contributed by atoms with van der Waals surface area (Å²) in [6.07, 6.45) is -0.226. The maximum Gasteiger partial charge on any atom is 0.257 e. The van der Waals surface area contributed by atoms with Crippen LogP contribution in [0.25, 0.3) is 0 Å². The molecule has 3 aromatic carbocycles. The second kappa shape index (κ2) is 11.1. The zero-order valence-electron chi connectivity index (χ0n) is 20.1. The van der Waals surface area contributed by atoms with Crippen LogP contribution in [0.15, 0.2) is 72.8 Å². The van der Waals surface area contributed by atoms with Crippen LogP contribution in [0.5, 0.6) is 5.75 Å². The van der Waals surface area contributed by atoms with Crippen LogP contribution in [0.4, 0.5) is 11.4 Å². The molecule has 0 spiro atoms. The number of carbonyl (C=O) groups excluding carboxylic acids is 2. The van der Waals surface area contributed by atoms with Gasteiger partial charge in [-0.3, -0.25) is 9.59 Å². The van der Waals surface area contributed by atoms with Crippen LogP contribution in [0, 0.1) is 6.92 Å². The van der Waals surface area contributed by atoms with Crippen LogP contribution < -0.4 is 15.4 Å². The molecule has 0 saturated carbocycles. The summed E-state index contributed by atoms with van der Waals surface area (Å²) in [7, 11) is 0. The molecular formula is C28H31N3O4. The molecule has 182 valence electrons. The van der Waals surface area contributed by atoms with E-state index in [0.29, 0.717) is 44.2 Å². The van der Waals surface area contributed by atoms with Crippen LogP contribution in [0.3, 0.4) is 0 Å². The topological polar surface area (TPSA) is 85.1 Å². The van der Waals surface area contributed by atoms with Crippen LogP contribution >= 0.6 is 0 Å². The fraction of sp³-hybridized carbons (Fsp3) is 0.286. The minimum absolute atomic E-state index is 0.00301. The van der Waals surface area contributed by atoms with Crippen LogP contribution in [-0.2, 0) is 16.0 Å². The summed E-state index contributed by atoms with van der Waals surface area (Å²) in [5, 5.41) is 0. The number of anilines is 2. The van der Waals surface area contributed by atoms with E-state index in [9.17, 15) is 9.59 Å². The average molecular weight is 474 g/mol. The zero-order chi connectivity index (χ0) is 24.8. The van der Waals surface area contributed by atoms with Crippen molar-refractivity contribution in [3.63, 3.8) is 0 Å². The first kappa shape index (κ1) is 24.3. The first-order valence-electron chi connectivity index (χ1n) is 11.8. The molecule has 1 aliphatic heterocycles. The van der Waals surface area contributed by atoms with E-state index in [0.717, 1.165) is 22.5 Å². The standard InChI is InChI=1S/C28H31N3O4/c1-3-34-26(27(29)32)18-21-10-12-23(13-11-21)35-16-15-30-19-31(22-7-5-4-6-8-22)25-14-9-20(2)17-24(25)28(30)33/h4-14,17,26H,3,15-16,18-19H2,1-2H3,(H2,29,32). The van der Waals surface area contributed by atoms with Crippen molar-refractivity contribution < 1.29 is 19.1 Å². The molecular weight excluding hydrogens is 442 g/mol. The average Bonchev–Trinajstić information content (AvgIpc) is 2.86. The summed E-state index contributed by atoms with van der Waals surface area (Å²) in [6.45, 7) is 5.51. The summed E-state index contributed by atoms with van der Waals surface area (Å²) < 4.78 is 11.3. The normalized spacial score (nSPS) is 13.9. The molecule has 1 atom stereocenters. The highest BCUT2D eigenvalue weighted by Gasteiger charge is 2.30. The van der Waals surface area contributed by atoms with Gasteiger partial charge in [0.2, 0.25) is 5.91 Å². The van der Waals surface area contributed by atoms with Gasteiger partial charge in [-0.2, -0.15) is 0 Å². The number of primary amides is 1. The second-order valence-corrected chi connectivity index (χ2v) is 8.54. The summed E-state index contributed by atoms with van der Waals surface area (Å²) in [5.41, 5.74) is 10.0. The molecule has 35 heavy (non-hydrogen) atoms. The van der Waals surface area contributed by atoms with Gasteiger partial charge in [-0.15, -0.1) is 0 Å². The number of fused-ring (bicyclic) bond motifs is 1. The van der Waals surface area contributed by atoms with Crippen LogP contribution in [0.2, 0.25) is 0 Å². The van der Waals surface area contributed by atoms with Gasteiger partial charge >= 0.3 is 0 Å². The number of nitrogens with two attached hydrogens (primary N) is 1. The number of rotatable bonds is 10. The molecule has 0 saturated heterocycles. The number of hydrogen-bond acceptors (Lipinski definition) is 5. The molecule has 0 aliphatic carbocycles. The molecule has 7 nitrogen and oxygen atoms in total. The van der Waals surface area contributed by atoms with Gasteiger partial charge in [-0.1, -0.05) is 42.0 Å². The molecule has 2 N–H and O–H groups in total. The molecule has 2 amide bonds. The van der Waals surface area contributed by atoms with Crippen molar-refractivity contribution in [2.24, 2.45) is 5.73 Å². The highest BCUT2D eigenvalue weighted by molar-refractivity contribution is 6.03. The predicted octanol–water partition coefficient (Wildman–Crippen LogP) is 4.06. The van der Waals surface area contributed by atoms with Crippen molar-refractivity contribution in [3.05, 3.63) is 89.5 Å². The number of nitrogens with zero attached hydrogens (tertiary/aromatic N) is 2. The van der Waals surface area contributed by atoms with Gasteiger partial charge in [-0.25, -0.2) is 0 Å². The predicted molar refractivity (Wildman–Crippen MR) is 136 cm³/mol. The van der Waals surface area contributed by atoms with E-state index in [1.165, 1.54) is 0 Å². The van der Waals surface area contributed by atoms with Crippen LogP contribution in [-0.4, -0.2) is 49.2 Å².